The van der Waals surface area contributed by atoms with E-state index in [0.29, 0.717) is 43.6 Å². The summed E-state index contributed by atoms with van der Waals surface area (Å²) >= 11 is 3.04. The molecule has 3 aromatic rings. The third kappa shape index (κ3) is 6.83. The molecule has 1 aliphatic heterocycles. The van der Waals surface area contributed by atoms with E-state index in [1.54, 1.807) is 20.9 Å². The number of aryl methyl sites for hydroxylation is 2. The van der Waals surface area contributed by atoms with Crippen molar-refractivity contribution in [1.82, 2.24) is 30.0 Å². The van der Waals surface area contributed by atoms with E-state index in [0.717, 1.165) is 6.42 Å². The van der Waals surface area contributed by atoms with E-state index >= 15 is 0 Å². The van der Waals surface area contributed by atoms with Gasteiger partial charge in [-0.1, -0.05) is 17.8 Å². The Morgan fingerprint density at radius 1 is 1.12 bits per heavy atom. The Kier molecular flexibility index (Phi) is 8.02. The van der Waals surface area contributed by atoms with E-state index in [4.69, 9.17) is 0 Å². The summed E-state index contributed by atoms with van der Waals surface area (Å²) < 4.78 is 14.7. The average Bonchev–Trinajstić information content (AvgIpc) is 3.50. The second kappa shape index (κ2) is 11.3. The highest BCUT2D eigenvalue weighted by molar-refractivity contribution is 7.99. The number of rotatable bonds is 9. The number of thioether (sulfide) groups is 1. The Morgan fingerprint density at radius 3 is 2.64 bits per heavy atom. The molecule has 4 rings (SSSR count). The van der Waals surface area contributed by atoms with Gasteiger partial charge in [0.15, 0.2) is 0 Å². The Balaban J connectivity index is 1.17. The van der Waals surface area contributed by atoms with Gasteiger partial charge >= 0.3 is 0 Å². The molecule has 0 bridgehead atoms. The molecular formula is C21H24FN7O2S2. The molecule has 0 atom stereocenters. The number of nitrogens with zero attached hydrogens (tertiary/aromatic N) is 6. The lowest BCUT2D eigenvalue weighted by atomic mass is 10.3. The molecule has 0 aliphatic carbocycles. The number of amides is 2. The van der Waals surface area contributed by atoms with Gasteiger partial charge in [0.1, 0.15) is 5.82 Å². The number of anilines is 1. The summed E-state index contributed by atoms with van der Waals surface area (Å²) in [6.07, 6.45) is 0.848. The third-order valence-corrected chi connectivity index (χ3v) is 7.07. The quantitative estimate of drug-likeness (QED) is 0.459. The fourth-order valence-electron chi connectivity index (χ4n) is 3.42. The Labute approximate surface area is 198 Å². The van der Waals surface area contributed by atoms with Crippen LogP contribution >= 0.6 is 23.1 Å². The van der Waals surface area contributed by atoms with E-state index < -0.39 is 0 Å². The van der Waals surface area contributed by atoms with Gasteiger partial charge in [0.2, 0.25) is 17.0 Å². The molecule has 9 nitrogen and oxygen atoms in total. The number of carbonyl (C=O) groups is 2. The maximum absolute atomic E-state index is 13.0. The SMILES string of the molecule is O=C(CN1CCN(C(=O)CSc2nnnn2CCc2cccs2)CC1)Nc1ccc(F)cc1. The number of hydrogen-bond donors (Lipinski definition) is 1. The molecule has 0 radical (unpaired) electrons. The molecule has 0 saturated carbocycles. The summed E-state index contributed by atoms with van der Waals surface area (Å²) in [4.78, 5) is 29.9. The van der Waals surface area contributed by atoms with E-state index in [1.165, 1.54) is 40.9 Å². The Hall–Kier alpha value is -2.83. The molecule has 33 heavy (non-hydrogen) atoms. The summed E-state index contributed by atoms with van der Waals surface area (Å²) in [7, 11) is 0. The molecule has 0 spiro atoms. The zero-order valence-corrected chi connectivity index (χ0v) is 19.5. The molecule has 1 aliphatic rings. The van der Waals surface area contributed by atoms with E-state index in [9.17, 15) is 14.0 Å². The van der Waals surface area contributed by atoms with Crippen molar-refractivity contribution in [3.8, 4) is 0 Å². The monoisotopic (exact) mass is 489 g/mol. The van der Waals surface area contributed by atoms with Crippen LogP contribution in [0, 0.1) is 5.82 Å². The van der Waals surface area contributed by atoms with Crippen LogP contribution in [-0.4, -0.2) is 80.3 Å². The zero-order chi connectivity index (χ0) is 23.0. The highest BCUT2D eigenvalue weighted by atomic mass is 32.2. The van der Waals surface area contributed by atoms with Crippen LogP contribution in [0.1, 0.15) is 4.88 Å². The van der Waals surface area contributed by atoms with Crippen LogP contribution < -0.4 is 5.32 Å². The van der Waals surface area contributed by atoms with Crippen molar-refractivity contribution in [3.05, 3.63) is 52.5 Å². The molecule has 1 saturated heterocycles. The number of tetrazole rings is 1. The first-order valence-electron chi connectivity index (χ1n) is 10.5. The molecule has 3 heterocycles. The first-order valence-corrected chi connectivity index (χ1v) is 12.4. The molecule has 2 aromatic heterocycles. The first kappa shape index (κ1) is 23.3. The molecule has 1 fully saturated rings. The number of benzene rings is 1. The number of piperazine rings is 1. The largest absolute Gasteiger partial charge is 0.339 e. The summed E-state index contributed by atoms with van der Waals surface area (Å²) in [6.45, 7) is 3.26. The first-order chi connectivity index (χ1) is 16.1. The highest BCUT2D eigenvalue weighted by Crippen LogP contribution is 2.17. The van der Waals surface area contributed by atoms with Gasteiger partial charge < -0.3 is 10.2 Å². The predicted octanol–water partition coefficient (Wildman–Crippen LogP) is 1.99. The van der Waals surface area contributed by atoms with Crippen molar-refractivity contribution < 1.29 is 14.0 Å². The van der Waals surface area contributed by atoms with Gasteiger partial charge in [-0.2, -0.15) is 0 Å². The van der Waals surface area contributed by atoms with Crippen LogP contribution in [0.25, 0.3) is 0 Å². The minimum atomic E-state index is -0.346. The van der Waals surface area contributed by atoms with E-state index in [1.807, 2.05) is 16.3 Å². The van der Waals surface area contributed by atoms with Crippen molar-refractivity contribution in [2.45, 2.75) is 18.1 Å². The Morgan fingerprint density at radius 2 is 1.91 bits per heavy atom. The Bertz CT molecular complexity index is 1050. The molecule has 1 aromatic carbocycles. The van der Waals surface area contributed by atoms with Gasteiger partial charge in [-0.3, -0.25) is 14.5 Å². The van der Waals surface area contributed by atoms with Gasteiger partial charge in [0, 0.05) is 43.2 Å². The number of nitrogens with one attached hydrogen (secondary N) is 1. The van der Waals surface area contributed by atoms with Crippen LogP contribution in [0.3, 0.4) is 0 Å². The topological polar surface area (TPSA) is 96.2 Å². The van der Waals surface area contributed by atoms with Gasteiger partial charge in [0.05, 0.1) is 18.8 Å². The number of thiophene rings is 1. The lowest BCUT2D eigenvalue weighted by Gasteiger charge is -2.34. The van der Waals surface area contributed by atoms with Gasteiger partial charge in [-0.25, -0.2) is 9.07 Å². The third-order valence-electron chi connectivity index (χ3n) is 5.19. The fourth-order valence-corrected chi connectivity index (χ4v) is 4.93. The van der Waals surface area contributed by atoms with Crippen LogP contribution in [0.2, 0.25) is 0 Å². The fraction of sp³-hybridized carbons (Fsp3) is 0.381. The lowest BCUT2D eigenvalue weighted by molar-refractivity contribution is -0.130. The smallest absolute Gasteiger partial charge is 0.238 e. The molecule has 12 heteroatoms. The normalized spacial score (nSPS) is 14.4. The van der Waals surface area contributed by atoms with Crippen LogP contribution in [0.15, 0.2) is 46.9 Å². The standard InChI is InChI=1S/C21H24FN7O2S2/c22-16-3-5-17(6-4-16)23-19(30)14-27-9-11-28(12-10-27)20(31)15-33-21-24-25-26-29(21)8-7-18-2-1-13-32-18/h1-6,13H,7-12,14-15H2,(H,23,30). The molecule has 0 unspecified atom stereocenters. The maximum Gasteiger partial charge on any atom is 0.238 e. The summed E-state index contributed by atoms with van der Waals surface area (Å²) in [5, 5.41) is 17.2. The van der Waals surface area contributed by atoms with E-state index in [2.05, 4.69) is 26.9 Å². The number of hydrogen-bond acceptors (Lipinski definition) is 8. The summed E-state index contributed by atoms with van der Waals surface area (Å²) in [5.74, 6) is -0.207. The average molecular weight is 490 g/mol. The van der Waals surface area contributed by atoms with Gasteiger partial charge in [0.25, 0.3) is 0 Å². The van der Waals surface area contributed by atoms with Crippen molar-refractivity contribution in [3.63, 3.8) is 0 Å². The summed E-state index contributed by atoms with van der Waals surface area (Å²) in [6, 6.07) is 9.77. The zero-order valence-electron chi connectivity index (χ0n) is 17.9. The number of carbonyl (C=O) groups excluding carboxylic acids is 2. The lowest BCUT2D eigenvalue weighted by Crippen LogP contribution is -2.50. The van der Waals surface area contributed by atoms with Crippen LogP contribution in [-0.2, 0) is 22.6 Å². The molecule has 2 amide bonds. The van der Waals surface area contributed by atoms with Crippen LogP contribution in [0.5, 0.6) is 0 Å². The summed E-state index contributed by atoms with van der Waals surface area (Å²) in [5.41, 5.74) is 0.560. The van der Waals surface area contributed by atoms with Gasteiger partial charge in [-0.15, -0.1) is 16.4 Å². The van der Waals surface area contributed by atoms with E-state index in [-0.39, 0.29) is 29.9 Å². The molecular weight excluding hydrogens is 465 g/mol. The minimum Gasteiger partial charge on any atom is -0.339 e. The molecule has 1 N–H and O–H groups in total. The molecule has 174 valence electrons. The second-order valence-electron chi connectivity index (χ2n) is 7.51. The second-order valence-corrected chi connectivity index (χ2v) is 9.49. The predicted molar refractivity (Wildman–Crippen MR) is 125 cm³/mol. The number of aromatic nitrogens is 4. The maximum atomic E-state index is 13.0. The highest BCUT2D eigenvalue weighted by Gasteiger charge is 2.23. The van der Waals surface area contributed by atoms with Crippen molar-refractivity contribution in [2.24, 2.45) is 0 Å². The van der Waals surface area contributed by atoms with Gasteiger partial charge in [-0.05, 0) is 46.1 Å². The minimum absolute atomic E-state index is 0.0308. The number of halogens is 1. The van der Waals surface area contributed by atoms with Crippen molar-refractivity contribution >= 4 is 40.6 Å². The van der Waals surface area contributed by atoms with Crippen molar-refractivity contribution in [2.75, 3.05) is 43.8 Å². The van der Waals surface area contributed by atoms with Crippen LogP contribution in [0.4, 0.5) is 10.1 Å². The van der Waals surface area contributed by atoms with Crippen molar-refractivity contribution in [1.29, 1.82) is 0 Å².